The van der Waals surface area contributed by atoms with Crippen LogP contribution in [0.25, 0.3) is 17.0 Å². The number of thiophene rings is 1. The third kappa shape index (κ3) is 4.15. The van der Waals surface area contributed by atoms with E-state index in [-0.39, 0.29) is 11.8 Å². The molecule has 2 amide bonds. The second kappa shape index (κ2) is 8.41. The summed E-state index contributed by atoms with van der Waals surface area (Å²) in [6.07, 6.45) is 4.65. The van der Waals surface area contributed by atoms with Gasteiger partial charge in [-0.25, -0.2) is 9.97 Å². The van der Waals surface area contributed by atoms with Crippen LogP contribution in [-0.4, -0.2) is 50.7 Å². The van der Waals surface area contributed by atoms with Crippen molar-refractivity contribution in [3.05, 3.63) is 57.5 Å². The lowest BCUT2D eigenvalue weighted by Gasteiger charge is -2.38. The van der Waals surface area contributed by atoms with Gasteiger partial charge in [0.15, 0.2) is 0 Å². The van der Waals surface area contributed by atoms with Crippen LogP contribution >= 0.6 is 22.9 Å². The molecule has 3 heterocycles. The summed E-state index contributed by atoms with van der Waals surface area (Å²) in [5.41, 5.74) is 7.57. The molecule has 0 radical (unpaired) electrons. The second-order valence-electron chi connectivity index (χ2n) is 7.08. The van der Waals surface area contributed by atoms with Crippen LogP contribution in [0.4, 0.5) is 5.82 Å². The Labute approximate surface area is 182 Å². The number of rotatable bonds is 4. The molecule has 1 fully saturated rings. The second-order valence-corrected chi connectivity index (χ2v) is 8.46. The molecule has 1 aliphatic heterocycles. The Morgan fingerprint density at radius 2 is 2.17 bits per heavy atom. The molecule has 1 aromatic carbocycles. The van der Waals surface area contributed by atoms with Gasteiger partial charge in [-0.05, 0) is 36.8 Å². The van der Waals surface area contributed by atoms with E-state index in [2.05, 4.69) is 9.97 Å². The molecule has 1 saturated heterocycles. The van der Waals surface area contributed by atoms with Crippen LogP contribution in [0.5, 0.6) is 0 Å². The van der Waals surface area contributed by atoms with Crippen molar-refractivity contribution in [3.63, 3.8) is 0 Å². The number of benzene rings is 1. The third-order valence-electron chi connectivity index (χ3n) is 5.11. The highest BCUT2D eigenvalue weighted by atomic mass is 35.5. The van der Waals surface area contributed by atoms with Gasteiger partial charge in [-0.3, -0.25) is 9.59 Å². The fourth-order valence-corrected chi connectivity index (χ4v) is 4.47. The molecule has 1 aliphatic rings. The molecule has 2 aromatic heterocycles. The maximum atomic E-state index is 12.9. The van der Waals surface area contributed by atoms with Gasteiger partial charge in [0.05, 0.1) is 10.5 Å². The highest BCUT2D eigenvalue weighted by molar-refractivity contribution is 7.11. The van der Waals surface area contributed by atoms with Crippen LogP contribution in [0.1, 0.15) is 17.4 Å². The van der Waals surface area contributed by atoms with E-state index in [1.165, 1.54) is 23.7 Å². The Morgan fingerprint density at radius 3 is 2.93 bits per heavy atom. The van der Waals surface area contributed by atoms with E-state index >= 15 is 0 Å². The van der Waals surface area contributed by atoms with Crippen molar-refractivity contribution < 1.29 is 9.59 Å². The van der Waals surface area contributed by atoms with E-state index in [0.717, 1.165) is 21.3 Å². The summed E-state index contributed by atoms with van der Waals surface area (Å²) in [5, 5.41) is 3.24. The zero-order valence-corrected chi connectivity index (χ0v) is 17.9. The Hall–Kier alpha value is -2.97. The average Bonchev–Trinajstić information content (AvgIpc) is 3.15. The van der Waals surface area contributed by atoms with Gasteiger partial charge in [0.2, 0.25) is 11.8 Å². The summed E-state index contributed by atoms with van der Waals surface area (Å²) in [6, 6.07) is 6.98. The first-order valence-corrected chi connectivity index (χ1v) is 10.7. The number of nitrogen functional groups attached to an aromatic ring is 1. The monoisotopic (exact) mass is 441 g/mol. The smallest absolute Gasteiger partial charge is 0.247 e. The van der Waals surface area contributed by atoms with E-state index in [4.69, 9.17) is 17.3 Å². The summed E-state index contributed by atoms with van der Waals surface area (Å²) in [5.74, 6) is 0.170. The van der Waals surface area contributed by atoms with Crippen molar-refractivity contribution in [1.82, 2.24) is 19.8 Å². The quantitative estimate of drug-likeness (QED) is 0.627. The lowest BCUT2D eigenvalue weighted by molar-refractivity contribution is -0.148. The number of piperazine rings is 1. The van der Waals surface area contributed by atoms with Gasteiger partial charge in [0.25, 0.3) is 0 Å². The fourth-order valence-electron chi connectivity index (χ4n) is 3.49. The average molecular weight is 442 g/mol. The van der Waals surface area contributed by atoms with Crippen molar-refractivity contribution in [2.45, 2.75) is 19.5 Å². The number of anilines is 1. The maximum absolute atomic E-state index is 12.9. The normalized spacial score (nSPS) is 17.3. The number of carbonyl (C=O) groups excluding carboxylic acids is 2. The summed E-state index contributed by atoms with van der Waals surface area (Å²) in [6.45, 7) is 3.16. The first kappa shape index (κ1) is 20.3. The van der Waals surface area contributed by atoms with Crippen LogP contribution in [0, 0.1) is 0 Å². The molecule has 3 aromatic rings. The number of halogens is 1. The minimum atomic E-state index is -0.527. The molecule has 9 heteroatoms. The highest BCUT2D eigenvalue weighted by Crippen LogP contribution is 2.22. The van der Waals surface area contributed by atoms with E-state index in [9.17, 15) is 9.59 Å². The predicted molar refractivity (Wildman–Crippen MR) is 119 cm³/mol. The lowest BCUT2D eigenvalue weighted by atomic mass is 10.1. The van der Waals surface area contributed by atoms with Crippen molar-refractivity contribution >= 4 is 57.5 Å². The van der Waals surface area contributed by atoms with Crippen molar-refractivity contribution in [2.75, 3.05) is 18.8 Å². The highest BCUT2D eigenvalue weighted by Gasteiger charge is 2.33. The molecule has 7 nitrogen and oxygen atoms in total. The Morgan fingerprint density at radius 1 is 1.33 bits per heavy atom. The van der Waals surface area contributed by atoms with Crippen LogP contribution < -0.4 is 5.73 Å². The molecule has 0 spiro atoms. The van der Waals surface area contributed by atoms with Crippen LogP contribution in [0.3, 0.4) is 0 Å². The molecule has 1 unspecified atom stereocenters. The predicted octanol–water partition coefficient (Wildman–Crippen LogP) is 3.20. The van der Waals surface area contributed by atoms with Crippen LogP contribution in [0.15, 0.2) is 42.0 Å². The van der Waals surface area contributed by atoms with Crippen molar-refractivity contribution in [2.24, 2.45) is 0 Å². The topological polar surface area (TPSA) is 92.4 Å². The van der Waals surface area contributed by atoms with Crippen molar-refractivity contribution in [3.8, 4) is 0 Å². The number of nitrogens with zero attached hydrogens (tertiary/aromatic N) is 4. The number of fused-ring (bicyclic) bond motifs is 1. The zero-order valence-electron chi connectivity index (χ0n) is 16.3. The van der Waals surface area contributed by atoms with Gasteiger partial charge >= 0.3 is 0 Å². The molecule has 0 aliphatic carbocycles. The molecule has 0 saturated carbocycles. The van der Waals surface area contributed by atoms with Crippen molar-refractivity contribution in [1.29, 1.82) is 0 Å². The van der Waals surface area contributed by atoms with E-state index < -0.39 is 6.04 Å². The van der Waals surface area contributed by atoms with E-state index in [1.54, 1.807) is 28.9 Å². The summed E-state index contributed by atoms with van der Waals surface area (Å²) >= 11 is 7.37. The standard InChI is InChI=1S/C21H20ClN5O2S/c1-13-21(29)26(10-14-2-4-17-18(8-14)24-12-25-20(17)23)6-7-27(13)19(28)5-3-16-9-15(22)11-30-16/h2-5,8-9,11-13H,6-7,10H2,1H3,(H2,23,24,25)/b5-3+. The molecule has 4 rings (SSSR count). The molecular formula is C21H20ClN5O2S. The van der Waals surface area contributed by atoms with E-state index in [1.807, 2.05) is 23.6 Å². The minimum absolute atomic E-state index is 0.0792. The minimum Gasteiger partial charge on any atom is -0.383 e. The van der Waals surface area contributed by atoms with Gasteiger partial charge in [0, 0.05) is 41.4 Å². The Bertz CT molecular complexity index is 1150. The zero-order chi connectivity index (χ0) is 21.3. The van der Waals surface area contributed by atoms with Gasteiger partial charge in [-0.15, -0.1) is 11.3 Å². The number of carbonyl (C=O) groups is 2. The third-order valence-corrected chi connectivity index (χ3v) is 6.36. The van der Waals surface area contributed by atoms with Gasteiger partial charge < -0.3 is 15.5 Å². The number of hydrogen-bond donors (Lipinski definition) is 1. The lowest BCUT2D eigenvalue weighted by Crippen LogP contribution is -2.56. The molecule has 154 valence electrons. The van der Waals surface area contributed by atoms with Gasteiger partial charge in [-0.1, -0.05) is 17.7 Å². The molecular weight excluding hydrogens is 422 g/mol. The first-order valence-electron chi connectivity index (χ1n) is 9.43. The Balaban J connectivity index is 1.43. The largest absolute Gasteiger partial charge is 0.383 e. The van der Waals surface area contributed by atoms with Gasteiger partial charge in [0.1, 0.15) is 18.2 Å². The molecule has 30 heavy (non-hydrogen) atoms. The number of nitrogens with two attached hydrogens (primary N) is 1. The van der Waals surface area contributed by atoms with Gasteiger partial charge in [-0.2, -0.15) is 0 Å². The van der Waals surface area contributed by atoms with E-state index in [0.29, 0.717) is 30.5 Å². The number of amides is 2. The summed E-state index contributed by atoms with van der Waals surface area (Å²) in [7, 11) is 0. The SMILES string of the molecule is CC1C(=O)N(Cc2ccc3c(N)ncnc3c2)CCN1C(=O)/C=C/c1cc(Cl)cs1. The Kier molecular flexibility index (Phi) is 5.69. The number of aromatic nitrogens is 2. The summed E-state index contributed by atoms with van der Waals surface area (Å²) in [4.78, 5) is 38.0. The first-order chi connectivity index (χ1) is 14.4. The van der Waals surface area contributed by atoms with Crippen LogP contribution in [0.2, 0.25) is 5.02 Å². The number of hydrogen-bond acceptors (Lipinski definition) is 6. The fraction of sp³-hybridized carbons (Fsp3) is 0.238. The maximum Gasteiger partial charge on any atom is 0.247 e. The molecule has 1 atom stereocenters. The molecule has 2 N–H and O–H groups in total. The van der Waals surface area contributed by atoms with Crippen LogP contribution in [-0.2, 0) is 16.1 Å². The molecule has 0 bridgehead atoms. The summed E-state index contributed by atoms with van der Waals surface area (Å²) < 4.78 is 0.